The molecule has 2 heteroatoms. The van der Waals surface area contributed by atoms with Crippen molar-refractivity contribution in [3.63, 3.8) is 0 Å². The van der Waals surface area contributed by atoms with E-state index in [1.165, 1.54) is 5.56 Å². The lowest BCUT2D eigenvalue weighted by Crippen LogP contribution is -1.86. The molecule has 1 aromatic heterocycles. The van der Waals surface area contributed by atoms with Gasteiger partial charge >= 0.3 is 0 Å². The quantitative estimate of drug-likeness (QED) is 0.634. The molecule has 0 unspecified atom stereocenters. The minimum Gasteiger partial charge on any atom is -0.253 e. The third-order valence-corrected chi connectivity index (χ3v) is 1.82. The van der Waals surface area contributed by atoms with Crippen LogP contribution in [-0.2, 0) is 0 Å². The molecule has 14 heavy (non-hydrogen) atoms. The molecule has 0 spiro atoms. The summed E-state index contributed by atoms with van der Waals surface area (Å²) in [6, 6.07) is 6.10. The maximum Gasteiger partial charge on any atom is 0.0892 e. The second-order valence-electron chi connectivity index (χ2n) is 3.00. The Balaban J connectivity index is 0.000000461. The van der Waals surface area contributed by atoms with Crippen LogP contribution in [0.3, 0.4) is 0 Å². The van der Waals surface area contributed by atoms with Crippen molar-refractivity contribution in [3.05, 3.63) is 35.7 Å². The van der Waals surface area contributed by atoms with Gasteiger partial charge in [-0.3, -0.25) is 4.98 Å². The molecule has 0 aliphatic carbocycles. The predicted molar refractivity (Wildman–Crippen MR) is 60.4 cm³/mol. The molecule has 0 saturated carbocycles. The summed E-state index contributed by atoms with van der Waals surface area (Å²) in [6.07, 6.45) is 1.79. The van der Waals surface area contributed by atoms with E-state index in [1.807, 2.05) is 32.9 Å². The fourth-order valence-corrected chi connectivity index (χ4v) is 1.21. The highest BCUT2D eigenvalue weighted by atomic mass is 14.8. The normalized spacial score (nSPS) is 9.43. The maximum absolute atomic E-state index is 4.37. The van der Waals surface area contributed by atoms with Crippen LogP contribution in [-0.4, -0.2) is 9.97 Å². The largest absolute Gasteiger partial charge is 0.253 e. The molecule has 0 aliphatic heterocycles. The van der Waals surface area contributed by atoms with Crippen molar-refractivity contribution < 1.29 is 0 Å². The third-order valence-electron chi connectivity index (χ3n) is 1.82. The molecule has 2 aromatic rings. The Bertz CT molecular complexity index is 385. The molecule has 0 radical (unpaired) electrons. The van der Waals surface area contributed by atoms with Crippen LogP contribution in [0.2, 0.25) is 0 Å². The average molecular weight is 188 g/mol. The zero-order valence-electron chi connectivity index (χ0n) is 9.20. The highest BCUT2D eigenvalue weighted by Crippen LogP contribution is 2.10. The van der Waals surface area contributed by atoms with Crippen LogP contribution in [0.5, 0.6) is 0 Å². The van der Waals surface area contributed by atoms with Gasteiger partial charge in [-0.1, -0.05) is 19.9 Å². The van der Waals surface area contributed by atoms with E-state index in [4.69, 9.17) is 0 Å². The van der Waals surface area contributed by atoms with Crippen LogP contribution in [0, 0.1) is 13.8 Å². The van der Waals surface area contributed by atoms with Crippen molar-refractivity contribution in [2.75, 3.05) is 0 Å². The molecular weight excluding hydrogens is 172 g/mol. The van der Waals surface area contributed by atoms with E-state index in [-0.39, 0.29) is 0 Å². The summed E-state index contributed by atoms with van der Waals surface area (Å²) in [5.74, 6) is 0. The van der Waals surface area contributed by atoms with Crippen molar-refractivity contribution in [1.29, 1.82) is 0 Å². The van der Waals surface area contributed by atoms with E-state index in [0.29, 0.717) is 0 Å². The van der Waals surface area contributed by atoms with Crippen LogP contribution in [0.1, 0.15) is 25.1 Å². The van der Waals surface area contributed by atoms with Crippen LogP contribution in [0.25, 0.3) is 11.0 Å². The maximum atomic E-state index is 4.37. The second kappa shape index (κ2) is 4.70. The highest BCUT2D eigenvalue weighted by molar-refractivity contribution is 5.74. The summed E-state index contributed by atoms with van der Waals surface area (Å²) < 4.78 is 0. The van der Waals surface area contributed by atoms with Crippen LogP contribution in [0.15, 0.2) is 24.4 Å². The lowest BCUT2D eigenvalue weighted by molar-refractivity contribution is 1.18. The number of hydrogen-bond acceptors (Lipinski definition) is 2. The number of fused-ring (bicyclic) bond motifs is 1. The van der Waals surface area contributed by atoms with Gasteiger partial charge < -0.3 is 0 Å². The smallest absolute Gasteiger partial charge is 0.0892 e. The summed E-state index contributed by atoms with van der Waals surface area (Å²) >= 11 is 0. The van der Waals surface area contributed by atoms with Gasteiger partial charge in [-0.25, -0.2) is 4.98 Å². The molecule has 0 amide bonds. The van der Waals surface area contributed by atoms with Crippen LogP contribution in [0.4, 0.5) is 0 Å². The summed E-state index contributed by atoms with van der Waals surface area (Å²) in [5.41, 5.74) is 4.14. The summed E-state index contributed by atoms with van der Waals surface area (Å²) in [7, 11) is 0. The SMILES string of the molecule is CC.Cc1ccc2ncc(C)nc2c1. The summed E-state index contributed by atoms with van der Waals surface area (Å²) in [4.78, 5) is 8.63. The first kappa shape index (κ1) is 10.6. The minimum atomic E-state index is 0.964. The number of aryl methyl sites for hydroxylation is 2. The van der Waals surface area contributed by atoms with Gasteiger partial charge in [0.05, 0.1) is 16.7 Å². The lowest BCUT2D eigenvalue weighted by Gasteiger charge is -1.98. The highest BCUT2D eigenvalue weighted by Gasteiger charge is 1.95. The molecule has 0 saturated heterocycles. The molecule has 0 N–H and O–H groups in total. The Kier molecular flexibility index (Phi) is 3.57. The molecule has 0 bridgehead atoms. The van der Waals surface area contributed by atoms with Crippen molar-refractivity contribution in [2.45, 2.75) is 27.7 Å². The average Bonchev–Trinajstić information content (AvgIpc) is 2.20. The van der Waals surface area contributed by atoms with E-state index in [1.54, 1.807) is 6.20 Å². The minimum absolute atomic E-state index is 0.964. The van der Waals surface area contributed by atoms with Crippen molar-refractivity contribution in [1.82, 2.24) is 9.97 Å². The van der Waals surface area contributed by atoms with Crippen molar-refractivity contribution in [2.24, 2.45) is 0 Å². The fourth-order valence-electron chi connectivity index (χ4n) is 1.21. The fraction of sp³-hybridized carbons (Fsp3) is 0.333. The summed E-state index contributed by atoms with van der Waals surface area (Å²) in [5, 5.41) is 0. The number of aromatic nitrogens is 2. The number of hydrogen-bond donors (Lipinski definition) is 0. The van der Waals surface area contributed by atoms with Gasteiger partial charge in [0.1, 0.15) is 0 Å². The van der Waals surface area contributed by atoms with Gasteiger partial charge in [-0.15, -0.1) is 0 Å². The number of nitrogens with zero attached hydrogens (tertiary/aromatic N) is 2. The van der Waals surface area contributed by atoms with Gasteiger partial charge in [0, 0.05) is 6.20 Å². The molecule has 0 aliphatic rings. The monoisotopic (exact) mass is 188 g/mol. The first-order chi connectivity index (χ1) is 6.75. The third kappa shape index (κ3) is 2.28. The van der Waals surface area contributed by atoms with Gasteiger partial charge in [0.25, 0.3) is 0 Å². The Hall–Kier alpha value is -1.44. The molecule has 0 atom stereocenters. The first-order valence-electron chi connectivity index (χ1n) is 4.96. The Labute approximate surface area is 85.0 Å². The summed E-state index contributed by atoms with van der Waals surface area (Å²) in [6.45, 7) is 8.01. The molecule has 74 valence electrons. The zero-order valence-corrected chi connectivity index (χ0v) is 9.20. The van der Waals surface area contributed by atoms with Gasteiger partial charge in [-0.2, -0.15) is 0 Å². The van der Waals surface area contributed by atoms with E-state index in [9.17, 15) is 0 Å². The van der Waals surface area contributed by atoms with E-state index >= 15 is 0 Å². The van der Waals surface area contributed by atoms with Crippen molar-refractivity contribution in [3.8, 4) is 0 Å². The van der Waals surface area contributed by atoms with Crippen LogP contribution < -0.4 is 0 Å². The molecular formula is C12H16N2. The first-order valence-corrected chi connectivity index (χ1v) is 4.96. The molecule has 1 heterocycles. The van der Waals surface area contributed by atoms with Gasteiger partial charge in [0.15, 0.2) is 0 Å². The van der Waals surface area contributed by atoms with E-state index in [2.05, 4.69) is 23.0 Å². The Morgan fingerprint density at radius 3 is 2.43 bits per heavy atom. The molecule has 2 rings (SSSR count). The van der Waals surface area contributed by atoms with Crippen molar-refractivity contribution >= 4 is 11.0 Å². The van der Waals surface area contributed by atoms with Gasteiger partial charge in [0.2, 0.25) is 0 Å². The number of benzene rings is 1. The standard InChI is InChI=1S/C10H10N2.C2H6/c1-7-3-4-9-10(5-7)12-8(2)6-11-9;1-2/h3-6H,1-2H3;1-2H3. The number of rotatable bonds is 0. The van der Waals surface area contributed by atoms with Crippen LogP contribution >= 0.6 is 0 Å². The van der Waals surface area contributed by atoms with Gasteiger partial charge in [-0.05, 0) is 31.5 Å². The second-order valence-corrected chi connectivity index (χ2v) is 3.00. The van der Waals surface area contributed by atoms with E-state index < -0.39 is 0 Å². The Morgan fingerprint density at radius 2 is 1.71 bits per heavy atom. The molecule has 1 aromatic carbocycles. The topological polar surface area (TPSA) is 25.8 Å². The lowest BCUT2D eigenvalue weighted by atomic mass is 10.2. The molecule has 0 fully saturated rings. The van der Waals surface area contributed by atoms with E-state index in [0.717, 1.165) is 16.7 Å². The predicted octanol–water partition coefficient (Wildman–Crippen LogP) is 3.27. The molecule has 2 nitrogen and oxygen atoms in total. The zero-order chi connectivity index (χ0) is 10.6. The Morgan fingerprint density at radius 1 is 1.00 bits per heavy atom.